The maximum absolute atomic E-state index is 11.6. The topological polar surface area (TPSA) is 41.6 Å². The van der Waals surface area contributed by atoms with E-state index in [4.69, 9.17) is 8.85 Å². The molecule has 2 fully saturated rings. The van der Waals surface area contributed by atoms with Crippen LogP contribution in [0.5, 0.6) is 5.75 Å². The molecule has 0 aromatic heterocycles. The van der Waals surface area contributed by atoms with Gasteiger partial charge >= 0.3 is 0 Å². The molecule has 2 aliphatic heterocycles. The number of nitrogens with one attached hydrogen (secondary N) is 1. The average molecular weight is 319 g/mol. The second kappa shape index (κ2) is 6.91. The zero-order valence-corrected chi connectivity index (χ0v) is 14.0. The van der Waals surface area contributed by atoms with E-state index in [-0.39, 0.29) is 11.9 Å². The minimum atomic E-state index is -2.44. The number of hydrogen-bond donors (Lipinski definition) is 1. The zero-order valence-electron chi connectivity index (χ0n) is 17.0. The summed E-state index contributed by atoms with van der Waals surface area (Å²) in [5.74, 6) is 1.68. The first-order valence-corrected chi connectivity index (χ1v) is 8.53. The van der Waals surface area contributed by atoms with Crippen LogP contribution in [0.25, 0.3) is 0 Å². The Kier molecular flexibility index (Phi) is 3.85. The number of ether oxygens (including phenoxy) is 1. The Morgan fingerprint density at radius 2 is 2.13 bits per heavy atom. The molecule has 2 saturated heterocycles. The van der Waals surface area contributed by atoms with Crippen LogP contribution in [0, 0.1) is 18.8 Å². The SMILES string of the molecule is [2H]C([2H])([2H])Oc1cccc([C@H]2NCCC2C2CCN(C(C)=O)CC2)c1C. The lowest BCUT2D eigenvalue weighted by Gasteiger charge is -2.36. The van der Waals surface area contributed by atoms with Crippen LogP contribution in [0.4, 0.5) is 0 Å². The summed E-state index contributed by atoms with van der Waals surface area (Å²) in [6.45, 7) is 6.22. The van der Waals surface area contributed by atoms with E-state index in [1.165, 1.54) is 0 Å². The summed E-state index contributed by atoms with van der Waals surface area (Å²) in [6, 6.07) is 5.88. The number of carbonyl (C=O) groups excluding carboxylic acids is 1. The van der Waals surface area contributed by atoms with Crippen LogP contribution < -0.4 is 10.1 Å². The van der Waals surface area contributed by atoms with Gasteiger partial charge in [-0.1, -0.05) is 12.1 Å². The van der Waals surface area contributed by atoms with Gasteiger partial charge in [-0.25, -0.2) is 0 Å². The molecule has 2 atom stereocenters. The smallest absolute Gasteiger partial charge is 0.219 e. The fraction of sp³-hybridized carbons (Fsp3) is 0.632. The van der Waals surface area contributed by atoms with Gasteiger partial charge in [-0.3, -0.25) is 4.79 Å². The molecule has 2 aliphatic rings. The fourth-order valence-corrected chi connectivity index (χ4v) is 4.29. The highest BCUT2D eigenvalue weighted by atomic mass is 16.5. The molecular formula is C19H28N2O2. The van der Waals surface area contributed by atoms with Crippen molar-refractivity contribution in [3.05, 3.63) is 29.3 Å². The molecule has 1 N–H and O–H groups in total. The molecule has 0 spiro atoms. The number of carbonyl (C=O) groups is 1. The summed E-state index contributed by atoms with van der Waals surface area (Å²) in [5, 5.41) is 3.61. The summed E-state index contributed by atoms with van der Waals surface area (Å²) in [6.07, 6.45) is 3.18. The lowest BCUT2D eigenvalue weighted by Crippen LogP contribution is -2.39. The van der Waals surface area contributed by atoms with Crippen molar-refractivity contribution in [2.24, 2.45) is 11.8 Å². The number of nitrogens with zero attached hydrogens (tertiary/aromatic N) is 1. The molecular weight excluding hydrogens is 288 g/mol. The van der Waals surface area contributed by atoms with Crippen LogP contribution in [-0.4, -0.2) is 37.5 Å². The van der Waals surface area contributed by atoms with Crippen molar-refractivity contribution < 1.29 is 13.6 Å². The molecule has 2 heterocycles. The van der Waals surface area contributed by atoms with Crippen molar-refractivity contribution in [3.8, 4) is 5.75 Å². The highest BCUT2D eigenvalue weighted by molar-refractivity contribution is 5.73. The molecule has 1 unspecified atom stereocenters. The van der Waals surface area contributed by atoms with Crippen molar-refractivity contribution >= 4 is 5.91 Å². The molecule has 4 nitrogen and oxygen atoms in total. The number of amides is 1. The Morgan fingerprint density at radius 1 is 1.35 bits per heavy atom. The van der Waals surface area contributed by atoms with Gasteiger partial charge in [0.2, 0.25) is 5.91 Å². The van der Waals surface area contributed by atoms with Gasteiger partial charge in [-0.15, -0.1) is 0 Å². The normalized spacial score (nSPS) is 28.1. The van der Waals surface area contributed by atoms with E-state index < -0.39 is 7.04 Å². The Labute approximate surface area is 143 Å². The molecule has 0 radical (unpaired) electrons. The standard InChI is InChI=1S/C19H28N2O2/c1-13-16(5-4-6-18(13)23-3)19-17(7-10-20-19)15-8-11-21(12-9-15)14(2)22/h4-6,15,17,19-20H,7-12H2,1-3H3/t17?,19-/m1/s1/i3D3. The maximum atomic E-state index is 11.6. The van der Waals surface area contributed by atoms with Gasteiger partial charge in [0.15, 0.2) is 0 Å². The van der Waals surface area contributed by atoms with Crippen LogP contribution in [-0.2, 0) is 4.79 Å². The lowest BCUT2D eigenvalue weighted by atomic mass is 9.77. The van der Waals surface area contributed by atoms with Crippen molar-refractivity contribution in [2.75, 3.05) is 26.7 Å². The third-order valence-electron chi connectivity index (χ3n) is 5.63. The molecule has 0 saturated carbocycles. The fourth-order valence-electron chi connectivity index (χ4n) is 4.29. The average Bonchev–Trinajstić information content (AvgIpc) is 3.05. The Hall–Kier alpha value is -1.55. The molecule has 0 aliphatic carbocycles. The summed E-state index contributed by atoms with van der Waals surface area (Å²) in [5.41, 5.74) is 2.03. The first-order valence-electron chi connectivity index (χ1n) is 10.0. The van der Waals surface area contributed by atoms with E-state index in [0.717, 1.165) is 50.0 Å². The van der Waals surface area contributed by atoms with E-state index in [9.17, 15) is 4.79 Å². The number of hydrogen-bond acceptors (Lipinski definition) is 3. The van der Waals surface area contributed by atoms with Gasteiger partial charge < -0.3 is 15.0 Å². The van der Waals surface area contributed by atoms with Gasteiger partial charge in [0.1, 0.15) is 5.75 Å². The van der Waals surface area contributed by atoms with E-state index in [1.807, 2.05) is 17.9 Å². The predicted molar refractivity (Wildman–Crippen MR) is 91.6 cm³/mol. The Bertz CT molecular complexity index is 655. The zero-order chi connectivity index (χ0) is 18.9. The molecule has 0 bridgehead atoms. The van der Waals surface area contributed by atoms with Crippen LogP contribution in [0.15, 0.2) is 18.2 Å². The highest BCUT2D eigenvalue weighted by Gasteiger charge is 2.37. The molecule has 3 rings (SSSR count). The third-order valence-corrected chi connectivity index (χ3v) is 5.63. The number of benzene rings is 1. The predicted octanol–water partition coefficient (Wildman–Crippen LogP) is 2.91. The molecule has 1 aromatic carbocycles. The van der Waals surface area contributed by atoms with Gasteiger partial charge in [0.05, 0.1) is 11.2 Å². The molecule has 23 heavy (non-hydrogen) atoms. The van der Waals surface area contributed by atoms with Crippen LogP contribution in [0.1, 0.15) is 47.5 Å². The third kappa shape index (κ3) is 3.23. The second-order valence-electron chi connectivity index (χ2n) is 6.80. The van der Waals surface area contributed by atoms with Crippen LogP contribution >= 0.6 is 0 Å². The van der Waals surface area contributed by atoms with Gasteiger partial charge in [-0.05, 0) is 61.8 Å². The minimum absolute atomic E-state index is 0.162. The van der Waals surface area contributed by atoms with E-state index in [0.29, 0.717) is 17.6 Å². The highest BCUT2D eigenvalue weighted by Crippen LogP contribution is 2.41. The maximum Gasteiger partial charge on any atom is 0.219 e. The van der Waals surface area contributed by atoms with Gasteiger partial charge in [0.25, 0.3) is 0 Å². The van der Waals surface area contributed by atoms with Crippen molar-refractivity contribution in [1.29, 1.82) is 0 Å². The van der Waals surface area contributed by atoms with Crippen LogP contribution in [0.3, 0.4) is 0 Å². The van der Waals surface area contributed by atoms with Crippen molar-refractivity contribution in [1.82, 2.24) is 10.2 Å². The largest absolute Gasteiger partial charge is 0.496 e. The lowest BCUT2D eigenvalue weighted by molar-refractivity contribution is -0.130. The Morgan fingerprint density at radius 3 is 2.83 bits per heavy atom. The first-order chi connectivity index (χ1) is 12.3. The number of methoxy groups -OCH3 is 1. The number of likely N-dealkylation sites (tertiary alicyclic amines) is 1. The van der Waals surface area contributed by atoms with Crippen molar-refractivity contribution in [3.63, 3.8) is 0 Å². The quantitative estimate of drug-likeness (QED) is 0.931. The van der Waals surface area contributed by atoms with E-state index in [2.05, 4.69) is 11.4 Å². The number of rotatable bonds is 3. The molecule has 4 heteroatoms. The molecule has 1 aromatic rings. The van der Waals surface area contributed by atoms with Crippen molar-refractivity contribution in [2.45, 2.75) is 39.2 Å². The van der Waals surface area contributed by atoms with Gasteiger partial charge in [0, 0.05) is 26.1 Å². The van der Waals surface area contributed by atoms with Gasteiger partial charge in [-0.2, -0.15) is 0 Å². The summed E-state index contributed by atoms with van der Waals surface area (Å²) < 4.78 is 27.3. The molecule has 1 amide bonds. The van der Waals surface area contributed by atoms with Crippen LogP contribution in [0.2, 0.25) is 0 Å². The summed E-state index contributed by atoms with van der Waals surface area (Å²) in [4.78, 5) is 13.5. The Balaban J connectivity index is 1.76. The van der Waals surface area contributed by atoms with E-state index >= 15 is 0 Å². The second-order valence-corrected chi connectivity index (χ2v) is 6.80. The summed E-state index contributed by atoms with van der Waals surface area (Å²) >= 11 is 0. The molecule has 126 valence electrons. The number of piperidine rings is 1. The summed E-state index contributed by atoms with van der Waals surface area (Å²) in [7, 11) is -2.44. The van der Waals surface area contributed by atoms with E-state index in [1.54, 1.807) is 13.0 Å². The minimum Gasteiger partial charge on any atom is -0.496 e. The monoisotopic (exact) mass is 319 g/mol. The first kappa shape index (κ1) is 12.8.